The van der Waals surface area contributed by atoms with Gasteiger partial charge in [0, 0.05) is 29.2 Å². The van der Waals surface area contributed by atoms with Gasteiger partial charge in [-0.1, -0.05) is 6.07 Å². The molecule has 6 heteroatoms. The first kappa shape index (κ1) is 17.1. The maximum absolute atomic E-state index is 14.1. The smallest absolute Gasteiger partial charge is 0.131 e. The van der Waals surface area contributed by atoms with Gasteiger partial charge in [-0.2, -0.15) is 11.3 Å². The number of ether oxygens (including phenoxy) is 1. The summed E-state index contributed by atoms with van der Waals surface area (Å²) >= 11 is 3.33. The average Bonchev–Trinajstić information content (AvgIpc) is 3.23. The number of methoxy groups -OCH3 is 1. The van der Waals surface area contributed by atoms with Crippen LogP contribution in [0.4, 0.5) is 4.39 Å². The lowest BCUT2D eigenvalue weighted by Gasteiger charge is -2.17. The first-order valence-electron chi connectivity index (χ1n) is 7.64. The van der Waals surface area contributed by atoms with Gasteiger partial charge in [0.2, 0.25) is 0 Å². The van der Waals surface area contributed by atoms with Gasteiger partial charge in [0.1, 0.15) is 16.6 Å². The summed E-state index contributed by atoms with van der Waals surface area (Å²) in [4.78, 5) is 4.60. The van der Waals surface area contributed by atoms with E-state index in [0.29, 0.717) is 17.9 Å². The van der Waals surface area contributed by atoms with Crippen LogP contribution < -0.4 is 10.1 Å². The molecule has 0 fully saturated rings. The molecular weight excluding hydrogens is 343 g/mol. The molecule has 0 amide bonds. The van der Waals surface area contributed by atoms with Crippen molar-refractivity contribution in [3.05, 3.63) is 68.1 Å². The minimum Gasteiger partial charge on any atom is -0.497 e. The highest BCUT2D eigenvalue weighted by Crippen LogP contribution is 2.24. The number of thiazole rings is 1. The molecule has 0 aliphatic heterocycles. The van der Waals surface area contributed by atoms with E-state index in [2.05, 4.69) is 27.1 Å². The van der Waals surface area contributed by atoms with Crippen LogP contribution in [-0.2, 0) is 13.0 Å². The van der Waals surface area contributed by atoms with Gasteiger partial charge in [0.25, 0.3) is 0 Å². The predicted octanol–water partition coefficient (Wildman–Crippen LogP) is 4.73. The molecule has 0 spiro atoms. The topological polar surface area (TPSA) is 34.1 Å². The summed E-state index contributed by atoms with van der Waals surface area (Å²) in [6.45, 7) is 2.44. The van der Waals surface area contributed by atoms with Crippen LogP contribution in [0.15, 0.2) is 40.4 Å². The van der Waals surface area contributed by atoms with Crippen LogP contribution >= 0.6 is 22.7 Å². The maximum Gasteiger partial charge on any atom is 0.131 e. The molecule has 0 aliphatic carbocycles. The number of rotatable bonds is 7. The monoisotopic (exact) mass is 362 g/mol. The Morgan fingerprint density at radius 1 is 1.29 bits per heavy atom. The van der Waals surface area contributed by atoms with Crippen molar-refractivity contribution in [2.45, 2.75) is 25.9 Å². The third-order valence-electron chi connectivity index (χ3n) is 3.75. The number of halogens is 1. The van der Waals surface area contributed by atoms with Gasteiger partial charge in [-0.15, -0.1) is 11.3 Å². The molecule has 24 heavy (non-hydrogen) atoms. The molecule has 1 atom stereocenters. The Morgan fingerprint density at radius 3 is 2.79 bits per heavy atom. The minimum absolute atomic E-state index is 0.0693. The Morgan fingerprint density at radius 2 is 2.17 bits per heavy atom. The van der Waals surface area contributed by atoms with Crippen molar-refractivity contribution >= 4 is 22.7 Å². The second-order valence-corrected chi connectivity index (χ2v) is 7.22. The van der Waals surface area contributed by atoms with E-state index in [1.165, 1.54) is 18.7 Å². The van der Waals surface area contributed by atoms with E-state index in [0.717, 1.165) is 17.1 Å². The Hall–Kier alpha value is -1.76. The summed E-state index contributed by atoms with van der Waals surface area (Å²) in [6, 6.07) is 7.14. The molecular formula is C18H19FN2OS2. The molecule has 1 N–H and O–H groups in total. The first-order chi connectivity index (χ1) is 11.7. The van der Waals surface area contributed by atoms with Gasteiger partial charge in [0.05, 0.1) is 13.2 Å². The van der Waals surface area contributed by atoms with E-state index >= 15 is 0 Å². The standard InChI is InChI=1S/C18H19FN2OS2/c1-12-10-24-18(21-12)17(7-13-5-6-23-11-13)20-9-14-3-4-15(22-2)8-16(14)19/h3-6,8,10-11,17,20H,7,9H2,1-2H3/t17-/m0/s1. The molecule has 1 aromatic carbocycles. The van der Waals surface area contributed by atoms with Gasteiger partial charge in [0.15, 0.2) is 0 Å². The van der Waals surface area contributed by atoms with Crippen LogP contribution in [0.1, 0.15) is 27.9 Å². The second-order valence-electron chi connectivity index (χ2n) is 5.55. The number of nitrogens with zero attached hydrogens (tertiary/aromatic N) is 1. The number of nitrogens with one attached hydrogen (secondary N) is 1. The van der Waals surface area contributed by atoms with E-state index in [1.54, 1.807) is 34.8 Å². The highest BCUT2D eigenvalue weighted by molar-refractivity contribution is 7.09. The van der Waals surface area contributed by atoms with Crippen LogP contribution in [0.3, 0.4) is 0 Å². The molecule has 0 saturated carbocycles. The van der Waals surface area contributed by atoms with Crippen LogP contribution in [0.2, 0.25) is 0 Å². The average molecular weight is 362 g/mol. The zero-order valence-corrected chi connectivity index (χ0v) is 15.2. The highest BCUT2D eigenvalue weighted by Gasteiger charge is 2.16. The molecule has 0 aliphatic rings. The Kier molecular flexibility index (Phi) is 5.60. The number of hydrogen-bond acceptors (Lipinski definition) is 5. The van der Waals surface area contributed by atoms with Gasteiger partial charge >= 0.3 is 0 Å². The number of aromatic nitrogens is 1. The summed E-state index contributed by atoms with van der Waals surface area (Å²) in [6.07, 6.45) is 0.841. The fourth-order valence-corrected chi connectivity index (χ4v) is 4.01. The Bertz CT molecular complexity index is 786. The summed E-state index contributed by atoms with van der Waals surface area (Å²) in [7, 11) is 1.54. The first-order valence-corrected chi connectivity index (χ1v) is 9.47. The molecule has 0 unspecified atom stereocenters. The Labute approximate surface area is 149 Å². The van der Waals surface area contributed by atoms with E-state index in [9.17, 15) is 4.39 Å². The molecule has 3 nitrogen and oxygen atoms in total. The van der Waals surface area contributed by atoms with E-state index < -0.39 is 0 Å². The van der Waals surface area contributed by atoms with Gasteiger partial charge in [-0.05, 0) is 41.8 Å². The SMILES string of the molecule is COc1ccc(CN[C@@H](Cc2ccsc2)c2nc(C)cs2)c(F)c1. The lowest BCUT2D eigenvalue weighted by molar-refractivity contribution is 0.410. The Balaban J connectivity index is 1.74. The lowest BCUT2D eigenvalue weighted by Crippen LogP contribution is -2.23. The van der Waals surface area contributed by atoms with Crippen LogP contribution in [0.25, 0.3) is 0 Å². The quantitative estimate of drug-likeness (QED) is 0.659. The molecule has 126 valence electrons. The number of thiophene rings is 1. The molecule has 2 aromatic heterocycles. The van der Waals surface area contributed by atoms with Crippen LogP contribution in [0, 0.1) is 12.7 Å². The fraction of sp³-hybridized carbons (Fsp3) is 0.278. The lowest BCUT2D eigenvalue weighted by atomic mass is 10.1. The highest BCUT2D eigenvalue weighted by atomic mass is 32.1. The van der Waals surface area contributed by atoms with Crippen LogP contribution in [-0.4, -0.2) is 12.1 Å². The largest absolute Gasteiger partial charge is 0.497 e. The van der Waals surface area contributed by atoms with Gasteiger partial charge in [-0.3, -0.25) is 0 Å². The van der Waals surface area contributed by atoms with Crippen molar-refractivity contribution in [1.82, 2.24) is 10.3 Å². The van der Waals surface area contributed by atoms with Crippen molar-refractivity contribution < 1.29 is 9.13 Å². The summed E-state index contributed by atoms with van der Waals surface area (Å²) in [5, 5.41) is 10.8. The zero-order chi connectivity index (χ0) is 16.9. The maximum atomic E-state index is 14.1. The van der Waals surface area contributed by atoms with Crippen molar-refractivity contribution in [2.24, 2.45) is 0 Å². The third-order valence-corrected chi connectivity index (χ3v) is 5.56. The number of benzene rings is 1. The van der Waals surface area contributed by atoms with Crippen LogP contribution in [0.5, 0.6) is 5.75 Å². The second kappa shape index (κ2) is 7.88. The summed E-state index contributed by atoms with van der Waals surface area (Å²) < 4.78 is 19.2. The zero-order valence-electron chi connectivity index (χ0n) is 13.6. The van der Waals surface area contributed by atoms with Crippen molar-refractivity contribution in [1.29, 1.82) is 0 Å². The van der Waals surface area contributed by atoms with E-state index in [-0.39, 0.29) is 11.9 Å². The predicted molar refractivity (Wildman–Crippen MR) is 97.4 cm³/mol. The molecule has 0 bridgehead atoms. The number of hydrogen-bond donors (Lipinski definition) is 1. The normalized spacial score (nSPS) is 12.3. The molecule has 0 radical (unpaired) electrons. The van der Waals surface area contributed by atoms with Gasteiger partial charge < -0.3 is 10.1 Å². The van der Waals surface area contributed by atoms with Crippen molar-refractivity contribution in [3.8, 4) is 5.75 Å². The fourth-order valence-electron chi connectivity index (χ4n) is 2.46. The minimum atomic E-state index is -0.258. The van der Waals surface area contributed by atoms with Crippen molar-refractivity contribution in [3.63, 3.8) is 0 Å². The van der Waals surface area contributed by atoms with E-state index in [1.807, 2.05) is 12.3 Å². The molecule has 3 rings (SSSR count). The molecule has 3 aromatic rings. The summed E-state index contributed by atoms with van der Waals surface area (Å²) in [5.41, 5.74) is 2.91. The van der Waals surface area contributed by atoms with Gasteiger partial charge in [-0.25, -0.2) is 9.37 Å². The van der Waals surface area contributed by atoms with Crippen molar-refractivity contribution in [2.75, 3.05) is 7.11 Å². The summed E-state index contributed by atoms with van der Waals surface area (Å²) in [5.74, 6) is 0.271. The molecule has 0 saturated heterocycles. The molecule has 2 heterocycles. The van der Waals surface area contributed by atoms with E-state index in [4.69, 9.17) is 4.74 Å². The third kappa shape index (κ3) is 4.20. The number of aryl methyl sites for hydroxylation is 1.